The van der Waals surface area contributed by atoms with Gasteiger partial charge in [0.05, 0.1) is 22.1 Å². The van der Waals surface area contributed by atoms with Crippen LogP contribution < -0.4 is 0 Å². The fraction of sp³-hybridized carbons (Fsp3) is 0.0233. The van der Waals surface area contributed by atoms with Crippen LogP contribution in [0.2, 0.25) is 0 Å². The van der Waals surface area contributed by atoms with Gasteiger partial charge >= 0.3 is 0 Å². The third kappa shape index (κ3) is 3.25. The molecule has 11 rings (SSSR count). The standard InChI is InChI=1S/C43H26N2S/c1-2-10-30-26(9-1)21-27-22-35-31-11-3-6-14-38(31)44(40(35)23-34(27)30)28-17-19-29(20-18-28)45-39-15-7-4-12-32(39)36-25-43-37(24-41(36)45)33-13-5-8-16-42(33)46-43/h1-20,22-25H,21H2. The van der Waals surface area contributed by atoms with Crippen LogP contribution in [0, 0.1) is 0 Å². The molecule has 3 heterocycles. The maximum atomic E-state index is 2.45. The highest BCUT2D eigenvalue weighted by atomic mass is 32.1. The normalized spacial score (nSPS) is 12.7. The molecule has 0 saturated heterocycles. The van der Waals surface area contributed by atoms with Gasteiger partial charge in [-0.2, -0.15) is 0 Å². The SMILES string of the molecule is c1ccc2c(c1)Cc1cc3c4ccccc4n(-c4ccc(-n5c6ccccc6c6cc7sc8ccccc8c7cc65)cc4)c3cc1-2. The first kappa shape index (κ1) is 24.7. The van der Waals surface area contributed by atoms with E-state index in [1.807, 2.05) is 11.3 Å². The molecule has 1 aliphatic carbocycles. The summed E-state index contributed by atoms with van der Waals surface area (Å²) >= 11 is 1.88. The summed E-state index contributed by atoms with van der Waals surface area (Å²) in [6.45, 7) is 0. The number of rotatable bonds is 2. The van der Waals surface area contributed by atoms with Crippen molar-refractivity contribution in [2.45, 2.75) is 6.42 Å². The first-order valence-corrected chi connectivity index (χ1v) is 16.7. The van der Waals surface area contributed by atoms with Crippen molar-refractivity contribution < 1.29 is 0 Å². The molecule has 0 amide bonds. The molecule has 0 saturated carbocycles. The maximum Gasteiger partial charge on any atom is 0.0548 e. The fourth-order valence-corrected chi connectivity index (χ4v) is 9.22. The number of hydrogen-bond donors (Lipinski definition) is 0. The van der Waals surface area contributed by atoms with Gasteiger partial charge in [-0.25, -0.2) is 0 Å². The van der Waals surface area contributed by atoms with E-state index in [2.05, 4.69) is 155 Å². The average molecular weight is 603 g/mol. The third-order valence-electron chi connectivity index (χ3n) is 10.1. The molecule has 0 atom stereocenters. The molecular formula is C43H26N2S. The summed E-state index contributed by atoms with van der Waals surface area (Å²) < 4.78 is 7.57. The van der Waals surface area contributed by atoms with Crippen LogP contribution >= 0.6 is 11.3 Å². The van der Waals surface area contributed by atoms with Gasteiger partial charge < -0.3 is 9.13 Å². The van der Waals surface area contributed by atoms with Crippen LogP contribution in [0.3, 0.4) is 0 Å². The zero-order valence-corrected chi connectivity index (χ0v) is 25.7. The first-order chi connectivity index (χ1) is 22.8. The summed E-state index contributed by atoms with van der Waals surface area (Å²) in [6.07, 6.45) is 1.00. The Morgan fingerprint density at radius 2 is 0.957 bits per heavy atom. The van der Waals surface area contributed by atoms with Crippen molar-refractivity contribution in [1.82, 2.24) is 9.13 Å². The Morgan fingerprint density at radius 3 is 1.70 bits per heavy atom. The van der Waals surface area contributed by atoms with Crippen LogP contribution in [0.4, 0.5) is 0 Å². The number of para-hydroxylation sites is 2. The van der Waals surface area contributed by atoms with Gasteiger partial charge in [-0.15, -0.1) is 11.3 Å². The molecule has 3 heteroatoms. The Balaban J connectivity index is 1.13. The number of aromatic nitrogens is 2. The van der Waals surface area contributed by atoms with Crippen LogP contribution in [0.5, 0.6) is 0 Å². The molecule has 1 aliphatic rings. The summed E-state index contributed by atoms with van der Waals surface area (Å²) in [5.74, 6) is 0. The van der Waals surface area contributed by atoms with Crippen LogP contribution in [-0.4, -0.2) is 9.13 Å². The van der Waals surface area contributed by atoms with Crippen molar-refractivity contribution >= 4 is 75.1 Å². The number of hydrogen-bond acceptors (Lipinski definition) is 1. The second-order valence-electron chi connectivity index (χ2n) is 12.5. The summed E-state index contributed by atoms with van der Waals surface area (Å²) in [7, 11) is 0. The molecule has 0 N–H and O–H groups in total. The molecule has 0 bridgehead atoms. The molecule has 3 aromatic heterocycles. The van der Waals surface area contributed by atoms with E-state index in [-0.39, 0.29) is 0 Å². The first-order valence-electron chi connectivity index (χ1n) is 15.9. The number of fused-ring (bicyclic) bond motifs is 12. The lowest BCUT2D eigenvalue weighted by molar-refractivity contribution is 1.14. The average Bonchev–Trinajstić information content (AvgIpc) is 3.84. The van der Waals surface area contributed by atoms with E-state index in [1.165, 1.54) is 97.4 Å². The van der Waals surface area contributed by atoms with Crippen molar-refractivity contribution in [1.29, 1.82) is 0 Å². The van der Waals surface area contributed by atoms with E-state index in [0.717, 1.165) is 6.42 Å². The molecule has 0 spiro atoms. The number of benzene rings is 7. The zero-order chi connectivity index (χ0) is 29.9. The van der Waals surface area contributed by atoms with E-state index >= 15 is 0 Å². The van der Waals surface area contributed by atoms with E-state index in [1.54, 1.807) is 0 Å². The minimum absolute atomic E-state index is 1.00. The van der Waals surface area contributed by atoms with Crippen LogP contribution in [0.25, 0.3) is 86.3 Å². The second-order valence-corrected chi connectivity index (χ2v) is 13.6. The van der Waals surface area contributed by atoms with Gasteiger partial charge in [0.25, 0.3) is 0 Å². The Morgan fingerprint density at radius 1 is 0.370 bits per heavy atom. The Bertz CT molecular complexity index is 2880. The molecule has 214 valence electrons. The van der Waals surface area contributed by atoms with E-state index in [9.17, 15) is 0 Å². The van der Waals surface area contributed by atoms with E-state index < -0.39 is 0 Å². The van der Waals surface area contributed by atoms with Crippen molar-refractivity contribution in [2.75, 3.05) is 0 Å². The molecule has 10 aromatic rings. The molecular weight excluding hydrogens is 577 g/mol. The second kappa shape index (κ2) is 8.97. The lowest BCUT2D eigenvalue weighted by Crippen LogP contribution is -1.97. The molecule has 0 aliphatic heterocycles. The highest BCUT2D eigenvalue weighted by Gasteiger charge is 2.22. The van der Waals surface area contributed by atoms with Gasteiger partial charge in [0.1, 0.15) is 0 Å². The predicted octanol–water partition coefficient (Wildman–Crippen LogP) is 11.8. The van der Waals surface area contributed by atoms with E-state index in [4.69, 9.17) is 0 Å². The lowest BCUT2D eigenvalue weighted by atomic mass is 10.0. The van der Waals surface area contributed by atoms with Gasteiger partial charge in [0.15, 0.2) is 0 Å². The fourth-order valence-electron chi connectivity index (χ4n) is 8.09. The smallest absolute Gasteiger partial charge is 0.0548 e. The zero-order valence-electron chi connectivity index (χ0n) is 24.9. The van der Waals surface area contributed by atoms with Gasteiger partial charge in [-0.3, -0.25) is 0 Å². The molecule has 46 heavy (non-hydrogen) atoms. The summed E-state index contributed by atoms with van der Waals surface area (Å²) in [5, 5.41) is 7.87. The summed E-state index contributed by atoms with van der Waals surface area (Å²) in [5.41, 5.74) is 12.9. The number of nitrogens with zero attached hydrogens (tertiary/aromatic N) is 2. The topological polar surface area (TPSA) is 9.86 Å². The van der Waals surface area contributed by atoms with Gasteiger partial charge in [0, 0.05) is 53.1 Å². The van der Waals surface area contributed by atoms with Crippen molar-refractivity contribution in [2.24, 2.45) is 0 Å². The molecule has 0 radical (unpaired) electrons. The van der Waals surface area contributed by atoms with Gasteiger partial charge in [-0.1, -0.05) is 78.9 Å². The van der Waals surface area contributed by atoms with Crippen LogP contribution in [-0.2, 0) is 6.42 Å². The van der Waals surface area contributed by atoms with Gasteiger partial charge in [-0.05, 0) is 95.4 Å². The van der Waals surface area contributed by atoms with E-state index in [0.29, 0.717) is 0 Å². The highest BCUT2D eigenvalue weighted by molar-refractivity contribution is 7.25. The predicted molar refractivity (Wildman–Crippen MR) is 196 cm³/mol. The highest BCUT2D eigenvalue weighted by Crippen LogP contribution is 2.43. The van der Waals surface area contributed by atoms with Gasteiger partial charge in [0.2, 0.25) is 0 Å². The third-order valence-corrected chi connectivity index (χ3v) is 11.3. The molecule has 2 nitrogen and oxygen atoms in total. The van der Waals surface area contributed by atoms with Crippen molar-refractivity contribution in [3.8, 4) is 22.5 Å². The maximum absolute atomic E-state index is 2.45. The Labute approximate surface area is 269 Å². The van der Waals surface area contributed by atoms with Crippen LogP contribution in [0.1, 0.15) is 11.1 Å². The largest absolute Gasteiger partial charge is 0.309 e. The summed E-state index contributed by atoms with van der Waals surface area (Å²) in [6, 6.07) is 54.1. The molecule has 0 unspecified atom stereocenters. The van der Waals surface area contributed by atoms with Crippen molar-refractivity contribution in [3.63, 3.8) is 0 Å². The monoisotopic (exact) mass is 602 g/mol. The quantitative estimate of drug-likeness (QED) is 0.186. The molecule has 0 fully saturated rings. The Hall–Kier alpha value is -5.64. The number of thiophene rings is 1. The minimum atomic E-state index is 1.00. The van der Waals surface area contributed by atoms with Crippen LogP contribution in [0.15, 0.2) is 146 Å². The minimum Gasteiger partial charge on any atom is -0.309 e. The molecule has 7 aromatic carbocycles. The van der Waals surface area contributed by atoms with Crippen molar-refractivity contribution in [3.05, 3.63) is 157 Å². The lowest BCUT2D eigenvalue weighted by Gasteiger charge is -2.12. The summed E-state index contributed by atoms with van der Waals surface area (Å²) in [4.78, 5) is 0. The Kier molecular flexibility index (Phi) is 4.81.